The van der Waals surface area contributed by atoms with E-state index in [1.165, 1.54) is 19.2 Å². The van der Waals surface area contributed by atoms with Gasteiger partial charge in [-0.25, -0.2) is 4.79 Å². The molecule has 0 bridgehead atoms. The highest BCUT2D eigenvalue weighted by atomic mass is 19.4. The first kappa shape index (κ1) is 18.4. The molecule has 3 N–H and O–H groups in total. The van der Waals surface area contributed by atoms with E-state index in [0.717, 1.165) is 18.9 Å². The third kappa shape index (κ3) is 4.77. The lowest BCUT2D eigenvalue weighted by Crippen LogP contribution is -2.44. The first-order chi connectivity index (χ1) is 11.2. The third-order valence-electron chi connectivity index (χ3n) is 4.17. The van der Waals surface area contributed by atoms with Gasteiger partial charge in [-0.2, -0.15) is 13.2 Å². The Kier molecular flexibility index (Phi) is 5.58. The Bertz CT molecular complexity index is 584. The van der Waals surface area contributed by atoms with Crippen molar-refractivity contribution in [1.29, 1.82) is 0 Å². The van der Waals surface area contributed by atoms with Crippen LogP contribution in [0.2, 0.25) is 0 Å². The average Bonchev–Trinajstić information content (AvgIpc) is 2.97. The van der Waals surface area contributed by atoms with Crippen LogP contribution in [0, 0.1) is 0 Å². The summed E-state index contributed by atoms with van der Waals surface area (Å²) < 4.78 is 44.0. The van der Waals surface area contributed by atoms with Gasteiger partial charge in [-0.1, -0.05) is 18.9 Å². The van der Waals surface area contributed by atoms with Gasteiger partial charge in [0.15, 0.2) is 0 Å². The van der Waals surface area contributed by atoms with Gasteiger partial charge in [0.2, 0.25) is 0 Å². The van der Waals surface area contributed by atoms with Crippen molar-refractivity contribution in [1.82, 2.24) is 10.6 Å². The predicted octanol–water partition coefficient (Wildman–Crippen LogP) is 2.82. The zero-order valence-electron chi connectivity index (χ0n) is 13.4. The first-order valence-corrected chi connectivity index (χ1v) is 7.72. The number of aliphatic hydroxyl groups is 1. The van der Waals surface area contributed by atoms with Crippen molar-refractivity contribution in [2.75, 3.05) is 13.7 Å². The number of halogens is 3. The van der Waals surface area contributed by atoms with Crippen molar-refractivity contribution in [2.45, 2.75) is 44.0 Å². The molecule has 24 heavy (non-hydrogen) atoms. The van der Waals surface area contributed by atoms with E-state index in [4.69, 9.17) is 4.74 Å². The predicted molar refractivity (Wildman–Crippen MR) is 81.7 cm³/mol. The summed E-state index contributed by atoms with van der Waals surface area (Å²) in [7, 11) is 1.29. The second-order valence-corrected chi connectivity index (χ2v) is 5.99. The Balaban J connectivity index is 1.94. The normalized spacial score (nSPS) is 16.7. The van der Waals surface area contributed by atoms with Crippen molar-refractivity contribution in [2.24, 2.45) is 0 Å². The standard InChI is InChI=1S/C16H21F3N2O3/c1-24-12-5-4-11(13(8-12)16(17,18)19)9-20-14(22)21-10-15(23)6-2-3-7-15/h4-5,8,23H,2-3,6-7,9-10H2,1H3,(H2,20,21,22). The number of carbonyl (C=O) groups is 1. The molecule has 8 heteroatoms. The molecule has 1 aliphatic rings. The fraction of sp³-hybridized carbons (Fsp3) is 0.562. The lowest BCUT2D eigenvalue weighted by atomic mass is 10.0. The Morgan fingerprint density at radius 3 is 2.54 bits per heavy atom. The van der Waals surface area contributed by atoms with Crippen LogP contribution in [0.3, 0.4) is 0 Å². The average molecular weight is 346 g/mol. The Morgan fingerprint density at radius 1 is 1.29 bits per heavy atom. The fourth-order valence-corrected chi connectivity index (χ4v) is 2.79. The summed E-state index contributed by atoms with van der Waals surface area (Å²) in [5.74, 6) is 0.0963. The SMILES string of the molecule is COc1ccc(CNC(=O)NCC2(O)CCCC2)c(C(F)(F)F)c1. The van der Waals surface area contributed by atoms with Crippen LogP contribution in [-0.4, -0.2) is 30.4 Å². The maximum Gasteiger partial charge on any atom is 0.416 e. The number of hydrogen-bond donors (Lipinski definition) is 3. The lowest BCUT2D eigenvalue weighted by Gasteiger charge is -2.22. The van der Waals surface area contributed by atoms with Gasteiger partial charge in [-0.05, 0) is 30.5 Å². The van der Waals surface area contributed by atoms with Crippen LogP contribution in [0.15, 0.2) is 18.2 Å². The van der Waals surface area contributed by atoms with E-state index in [1.807, 2.05) is 0 Å². The van der Waals surface area contributed by atoms with Crippen molar-refractivity contribution >= 4 is 6.03 Å². The molecule has 1 fully saturated rings. The number of nitrogens with one attached hydrogen (secondary N) is 2. The molecule has 0 spiro atoms. The molecule has 1 saturated carbocycles. The van der Waals surface area contributed by atoms with Crippen molar-refractivity contribution in [3.63, 3.8) is 0 Å². The summed E-state index contributed by atoms with van der Waals surface area (Å²) in [6.07, 6.45) is -1.50. The molecule has 2 rings (SSSR count). The van der Waals surface area contributed by atoms with E-state index in [-0.39, 0.29) is 24.4 Å². The molecule has 1 aromatic rings. The van der Waals surface area contributed by atoms with E-state index in [1.54, 1.807) is 0 Å². The van der Waals surface area contributed by atoms with Gasteiger partial charge in [-0.3, -0.25) is 0 Å². The van der Waals surface area contributed by atoms with E-state index >= 15 is 0 Å². The van der Waals surface area contributed by atoms with Crippen LogP contribution in [0.25, 0.3) is 0 Å². The molecule has 0 radical (unpaired) electrons. The topological polar surface area (TPSA) is 70.6 Å². The molecule has 134 valence electrons. The highest BCUT2D eigenvalue weighted by Gasteiger charge is 2.34. The Hall–Kier alpha value is -1.96. The fourth-order valence-electron chi connectivity index (χ4n) is 2.79. The largest absolute Gasteiger partial charge is 0.497 e. The molecule has 5 nitrogen and oxygen atoms in total. The smallest absolute Gasteiger partial charge is 0.416 e. The van der Waals surface area contributed by atoms with Crippen LogP contribution in [0.4, 0.5) is 18.0 Å². The quantitative estimate of drug-likeness (QED) is 0.768. The number of benzene rings is 1. The zero-order chi connectivity index (χ0) is 17.8. The molecule has 0 aromatic heterocycles. The van der Waals surface area contributed by atoms with Crippen LogP contribution in [0.5, 0.6) is 5.75 Å². The van der Waals surface area contributed by atoms with Crippen LogP contribution >= 0.6 is 0 Å². The van der Waals surface area contributed by atoms with Gasteiger partial charge in [-0.15, -0.1) is 0 Å². The molecule has 1 aliphatic carbocycles. The Morgan fingerprint density at radius 2 is 1.96 bits per heavy atom. The summed E-state index contributed by atoms with van der Waals surface area (Å²) in [5, 5.41) is 15.0. The molecule has 0 unspecified atom stereocenters. The van der Waals surface area contributed by atoms with Crippen molar-refractivity contribution in [3.8, 4) is 5.75 Å². The molecule has 2 amide bonds. The molecular formula is C16H21F3N2O3. The summed E-state index contributed by atoms with van der Waals surface area (Å²) in [4.78, 5) is 11.8. The number of rotatable bonds is 5. The van der Waals surface area contributed by atoms with Crippen molar-refractivity contribution < 1.29 is 27.8 Å². The number of carbonyl (C=O) groups excluding carboxylic acids is 1. The summed E-state index contributed by atoms with van der Waals surface area (Å²) in [6.45, 7) is -0.184. The highest BCUT2D eigenvalue weighted by Crippen LogP contribution is 2.34. The van der Waals surface area contributed by atoms with Crippen LogP contribution < -0.4 is 15.4 Å². The Labute approximate surface area is 138 Å². The lowest BCUT2D eigenvalue weighted by molar-refractivity contribution is -0.138. The summed E-state index contributed by atoms with van der Waals surface area (Å²) in [5.41, 5.74) is -1.82. The summed E-state index contributed by atoms with van der Waals surface area (Å²) in [6, 6.07) is 2.97. The number of urea groups is 1. The second-order valence-electron chi connectivity index (χ2n) is 5.99. The van der Waals surface area contributed by atoms with E-state index < -0.39 is 23.4 Å². The number of ether oxygens (including phenoxy) is 1. The molecular weight excluding hydrogens is 325 g/mol. The molecule has 0 saturated heterocycles. The number of methoxy groups -OCH3 is 1. The van der Waals surface area contributed by atoms with Gasteiger partial charge in [0.25, 0.3) is 0 Å². The first-order valence-electron chi connectivity index (χ1n) is 7.72. The van der Waals surface area contributed by atoms with E-state index in [0.29, 0.717) is 12.8 Å². The van der Waals surface area contributed by atoms with Gasteiger partial charge < -0.3 is 20.5 Å². The second kappa shape index (κ2) is 7.29. The minimum atomic E-state index is -4.54. The minimum absolute atomic E-state index is 0.0574. The van der Waals surface area contributed by atoms with Crippen molar-refractivity contribution in [3.05, 3.63) is 29.3 Å². The third-order valence-corrected chi connectivity index (χ3v) is 4.17. The minimum Gasteiger partial charge on any atom is -0.497 e. The van der Waals surface area contributed by atoms with E-state index in [9.17, 15) is 23.1 Å². The molecule has 1 aromatic carbocycles. The molecule has 0 heterocycles. The number of amides is 2. The van der Waals surface area contributed by atoms with Crippen LogP contribution in [-0.2, 0) is 12.7 Å². The maximum atomic E-state index is 13.1. The van der Waals surface area contributed by atoms with Gasteiger partial charge >= 0.3 is 12.2 Å². The van der Waals surface area contributed by atoms with Gasteiger partial charge in [0.1, 0.15) is 5.75 Å². The summed E-state index contributed by atoms with van der Waals surface area (Å²) >= 11 is 0. The number of alkyl halides is 3. The maximum absolute atomic E-state index is 13.1. The number of hydrogen-bond acceptors (Lipinski definition) is 3. The molecule has 0 atom stereocenters. The van der Waals surface area contributed by atoms with Crippen LogP contribution in [0.1, 0.15) is 36.8 Å². The van der Waals surface area contributed by atoms with Gasteiger partial charge in [0.05, 0.1) is 18.3 Å². The van der Waals surface area contributed by atoms with Gasteiger partial charge in [0, 0.05) is 13.1 Å². The highest BCUT2D eigenvalue weighted by molar-refractivity contribution is 5.74. The molecule has 0 aliphatic heterocycles. The van der Waals surface area contributed by atoms with E-state index in [2.05, 4.69) is 10.6 Å². The zero-order valence-corrected chi connectivity index (χ0v) is 13.4. The monoisotopic (exact) mass is 346 g/mol.